The first-order valence-electron chi connectivity index (χ1n) is 11.2. The molecule has 2 bridgehead atoms. The van der Waals surface area contributed by atoms with Crippen molar-refractivity contribution in [1.29, 1.82) is 5.26 Å². The fraction of sp³-hybridized carbons (Fsp3) is 0.440. The van der Waals surface area contributed by atoms with Gasteiger partial charge in [0.25, 0.3) is 0 Å². The number of halogens is 1. The van der Waals surface area contributed by atoms with E-state index < -0.39 is 0 Å². The van der Waals surface area contributed by atoms with Gasteiger partial charge in [-0.05, 0) is 80.3 Å². The molecule has 6 heteroatoms. The van der Waals surface area contributed by atoms with Crippen LogP contribution in [0.5, 0.6) is 0 Å². The van der Waals surface area contributed by atoms with Crippen LogP contribution in [0.2, 0.25) is 0 Å². The van der Waals surface area contributed by atoms with Gasteiger partial charge in [-0.15, -0.1) is 0 Å². The topological polar surface area (TPSA) is 68.2 Å². The van der Waals surface area contributed by atoms with Crippen LogP contribution in [0, 0.1) is 23.1 Å². The molecule has 2 atom stereocenters. The lowest BCUT2D eigenvalue weighted by Gasteiger charge is -2.39. The summed E-state index contributed by atoms with van der Waals surface area (Å²) < 4.78 is 13.1. The van der Waals surface area contributed by atoms with Crippen LogP contribution in [0.1, 0.15) is 43.2 Å². The van der Waals surface area contributed by atoms with E-state index in [2.05, 4.69) is 21.6 Å². The highest BCUT2D eigenvalue weighted by Crippen LogP contribution is 2.39. The van der Waals surface area contributed by atoms with Gasteiger partial charge in [-0.2, -0.15) is 5.26 Å². The number of urea groups is 1. The Morgan fingerprint density at radius 2 is 1.87 bits per heavy atom. The van der Waals surface area contributed by atoms with Gasteiger partial charge < -0.3 is 10.6 Å². The molecular weight excluding hydrogens is 391 g/mol. The lowest BCUT2D eigenvalue weighted by molar-refractivity contribution is 0.102. The summed E-state index contributed by atoms with van der Waals surface area (Å²) in [5, 5.41) is 14.6. The van der Waals surface area contributed by atoms with Crippen LogP contribution in [0.25, 0.3) is 0 Å². The predicted molar refractivity (Wildman–Crippen MR) is 119 cm³/mol. The van der Waals surface area contributed by atoms with Crippen LogP contribution in [0.4, 0.5) is 14.9 Å². The number of rotatable bonds is 7. The van der Waals surface area contributed by atoms with E-state index in [1.165, 1.54) is 31.2 Å². The van der Waals surface area contributed by atoms with Gasteiger partial charge in [-0.3, -0.25) is 4.90 Å². The molecule has 0 saturated carbocycles. The number of carbonyl (C=O) groups is 1. The van der Waals surface area contributed by atoms with Crippen LogP contribution < -0.4 is 10.6 Å². The van der Waals surface area contributed by atoms with Gasteiger partial charge in [-0.25, -0.2) is 9.18 Å². The Labute approximate surface area is 183 Å². The number of hydrogen-bond donors (Lipinski definition) is 2. The molecule has 0 aliphatic carbocycles. The highest BCUT2D eigenvalue weighted by molar-refractivity contribution is 5.89. The molecule has 162 valence electrons. The summed E-state index contributed by atoms with van der Waals surface area (Å²) in [7, 11) is 0. The second-order valence-electron chi connectivity index (χ2n) is 8.72. The Kier molecular flexibility index (Phi) is 6.83. The number of hydrogen-bond acceptors (Lipinski definition) is 3. The SMILES string of the molecule is N#Cc1cccc(NC(=O)NCCCN2C3CCC2CC(Cc2ccc(F)cc2)C3)c1. The smallest absolute Gasteiger partial charge is 0.319 e. The van der Waals surface area contributed by atoms with Crippen molar-refractivity contribution >= 4 is 11.7 Å². The Bertz CT molecular complexity index is 925. The van der Waals surface area contributed by atoms with Crippen molar-refractivity contribution in [1.82, 2.24) is 10.2 Å². The number of nitriles is 1. The first-order valence-corrected chi connectivity index (χ1v) is 11.2. The Hall–Kier alpha value is -2.91. The molecule has 2 amide bonds. The maximum absolute atomic E-state index is 13.1. The molecule has 2 N–H and O–H groups in total. The van der Waals surface area contributed by atoms with Gasteiger partial charge in [0.15, 0.2) is 0 Å². The van der Waals surface area contributed by atoms with Crippen molar-refractivity contribution in [2.24, 2.45) is 5.92 Å². The van der Waals surface area contributed by atoms with Crippen LogP contribution in [-0.2, 0) is 6.42 Å². The monoisotopic (exact) mass is 420 g/mol. The number of nitrogens with one attached hydrogen (secondary N) is 2. The number of benzene rings is 2. The molecule has 5 nitrogen and oxygen atoms in total. The van der Waals surface area contributed by atoms with Crippen LogP contribution in [-0.4, -0.2) is 36.1 Å². The summed E-state index contributed by atoms with van der Waals surface area (Å²) in [5.41, 5.74) is 2.38. The maximum atomic E-state index is 13.1. The zero-order valence-electron chi connectivity index (χ0n) is 17.7. The van der Waals surface area contributed by atoms with E-state index in [1.807, 2.05) is 12.1 Å². The highest BCUT2D eigenvalue weighted by atomic mass is 19.1. The minimum absolute atomic E-state index is 0.170. The number of fused-ring (bicyclic) bond motifs is 2. The van der Waals surface area contributed by atoms with Crippen molar-refractivity contribution in [3.05, 3.63) is 65.5 Å². The van der Waals surface area contributed by atoms with E-state index in [9.17, 15) is 9.18 Å². The third-order valence-corrected chi connectivity index (χ3v) is 6.55. The molecule has 2 heterocycles. The average Bonchev–Trinajstić information content (AvgIpc) is 3.01. The van der Waals surface area contributed by atoms with Gasteiger partial charge in [0.1, 0.15) is 5.82 Å². The Morgan fingerprint density at radius 1 is 1.13 bits per heavy atom. The lowest BCUT2D eigenvalue weighted by Crippen LogP contribution is -2.44. The van der Waals surface area contributed by atoms with Gasteiger partial charge in [0.05, 0.1) is 11.6 Å². The number of nitrogens with zero attached hydrogens (tertiary/aromatic N) is 2. The van der Waals surface area contributed by atoms with Gasteiger partial charge >= 0.3 is 6.03 Å². The van der Waals surface area contributed by atoms with E-state index in [0.29, 0.717) is 35.8 Å². The summed E-state index contributed by atoms with van der Waals surface area (Å²) in [6.07, 6.45) is 6.88. The number of carbonyl (C=O) groups excluding carboxylic acids is 1. The minimum atomic E-state index is -0.240. The molecule has 2 saturated heterocycles. The van der Waals surface area contributed by atoms with Gasteiger partial charge in [-0.1, -0.05) is 18.2 Å². The molecule has 2 aliphatic rings. The molecule has 0 aromatic heterocycles. The zero-order valence-corrected chi connectivity index (χ0v) is 17.7. The number of anilines is 1. The standard InChI is InChI=1S/C25H29FN4O/c26-21-7-5-18(6-8-21)13-20-15-23-9-10-24(16-20)30(23)12-2-11-28-25(31)29-22-4-1-3-19(14-22)17-27/h1,3-8,14,20,23-24H,2,9-13,15-16H2,(H2,28,29,31). The lowest BCUT2D eigenvalue weighted by atomic mass is 9.85. The molecule has 31 heavy (non-hydrogen) atoms. The molecule has 0 spiro atoms. The van der Waals surface area contributed by atoms with Crippen LogP contribution in [0.3, 0.4) is 0 Å². The van der Waals surface area contributed by atoms with E-state index in [-0.39, 0.29) is 11.8 Å². The predicted octanol–water partition coefficient (Wildman–Crippen LogP) is 4.69. The molecule has 2 aromatic carbocycles. The largest absolute Gasteiger partial charge is 0.338 e. The van der Waals surface area contributed by atoms with Crippen molar-refractivity contribution in [3.63, 3.8) is 0 Å². The summed E-state index contributed by atoms with van der Waals surface area (Å²) in [6.45, 7) is 1.63. The van der Waals surface area contributed by atoms with Crippen molar-refractivity contribution in [2.75, 3.05) is 18.4 Å². The molecule has 2 aromatic rings. The molecule has 2 fully saturated rings. The van der Waals surface area contributed by atoms with E-state index >= 15 is 0 Å². The van der Waals surface area contributed by atoms with Gasteiger partial charge in [0.2, 0.25) is 0 Å². The van der Waals surface area contributed by atoms with E-state index in [4.69, 9.17) is 5.26 Å². The van der Waals surface area contributed by atoms with Crippen LogP contribution >= 0.6 is 0 Å². The first-order chi connectivity index (χ1) is 15.1. The second kappa shape index (κ2) is 9.93. The quantitative estimate of drug-likeness (QED) is 0.638. The van der Waals surface area contributed by atoms with E-state index in [0.717, 1.165) is 19.4 Å². The normalized spacial score (nSPS) is 22.6. The minimum Gasteiger partial charge on any atom is -0.338 e. The summed E-state index contributed by atoms with van der Waals surface area (Å²) in [5.74, 6) is 0.504. The van der Waals surface area contributed by atoms with Crippen molar-refractivity contribution in [2.45, 2.75) is 50.6 Å². The average molecular weight is 421 g/mol. The third kappa shape index (κ3) is 5.62. The number of piperidine rings is 1. The summed E-state index contributed by atoms with van der Waals surface area (Å²) in [6, 6.07) is 16.9. The molecular formula is C25H29FN4O. The van der Waals surface area contributed by atoms with Crippen LogP contribution in [0.15, 0.2) is 48.5 Å². The zero-order chi connectivity index (χ0) is 21.6. The third-order valence-electron chi connectivity index (χ3n) is 6.55. The fourth-order valence-corrected chi connectivity index (χ4v) is 5.18. The number of amides is 2. The molecule has 2 aliphatic heterocycles. The van der Waals surface area contributed by atoms with Crippen molar-refractivity contribution in [3.8, 4) is 6.07 Å². The maximum Gasteiger partial charge on any atom is 0.319 e. The molecule has 0 radical (unpaired) electrons. The summed E-state index contributed by atoms with van der Waals surface area (Å²) >= 11 is 0. The van der Waals surface area contributed by atoms with E-state index in [1.54, 1.807) is 36.4 Å². The Morgan fingerprint density at radius 3 is 2.58 bits per heavy atom. The highest BCUT2D eigenvalue weighted by Gasteiger charge is 2.39. The fourth-order valence-electron chi connectivity index (χ4n) is 5.18. The second-order valence-corrected chi connectivity index (χ2v) is 8.72. The summed E-state index contributed by atoms with van der Waals surface area (Å²) in [4.78, 5) is 14.7. The first kappa shape index (κ1) is 21.3. The molecule has 2 unspecified atom stereocenters. The Balaban J connectivity index is 1.18. The molecule has 4 rings (SSSR count). The van der Waals surface area contributed by atoms with Gasteiger partial charge in [0, 0.05) is 30.9 Å². The van der Waals surface area contributed by atoms with Crippen molar-refractivity contribution < 1.29 is 9.18 Å².